The molecule has 0 aromatic heterocycles. The maximum Gasteiger partial charge on any atom is 0.364 e. The lowest BCUT2D eigenvalue weighted by molar-refractivity contribution is -0.205. The molecule has 0 bridgehead atoms. The summed E-state index contributed by atoms with van der Waals surface area (Å²) in [5.74, 6) is -4.12. The van der Waals surface area contributed by atoms with Crippen molar-refractivity contribution in [2.75, 3.05) is 0 Å². The minimum atomic E-state index is -2.66. The number of carboxylic acids is 1. The van der Waals surface area contributed by atoms with E-state index in [0.29, 0.717) is 18.3 Å². The molecule has 1 aliphatic heterocycles. The fourth-order valence-corrected chi connectivity index (χ4v) is 4.34. The van der Waals surface area contributed by atoms with Gasteiger partial charge in [-0.2, -0.15) is 0 Å². The second-order valence-electron chi connectivity index (χ2n) is 8.86. The molecule has 30 heavy (non-hydrogen) atoms. The Morgan fingerprint density at radius 2 is 1.83 bits per heavy atom. The quantitative estimate of drug-likeness (QED) is 0.207. The van der Waals surface area contributed by atoms with E-state index in [2.05, 4.69) is 19.1 Å². The van der Waals surface area contributed by atoms with E-state index in [0.717, 1.165) is 19.3 Å². The van der Waals surface area contributed by atoms with Gasteiger partial charge in [0, 0.05) is 12.3 Å². The molecule has 0 spiro atoms. The van der Waals surface area contributed by atoms with Crippen LogP contribution in [0.25, 0.3) is 0 Å². The molecule has 1 saturated heterocycles. The number of hydrogen-bond donors (Lipinski definition) is 4. The maximum absolute atomic E-state index is 10.7. The van der Waals surface area contributed by atoms with Crippen molar-refractivity contribution in [1.82, 2.24) is 6.15 Å². The Bertz CT molecular complexity index is 586. The van der Waals surface area contributed by atoms with E-state index < -0.39 is 17.5 Å². The van der Waals surface area contributed by atoms with Crippen LogP contribution in [0.4, 0.5) is 0 Å². The highest BCUT2D eigenvalue weighted by Crippen LogP contribution is 2.46. The molecule has 0 amide bonds. The molecule has 6 N–H and O–H groups in total. The van der Waals surface area contributed by atoms with Gasteiger partial charge in [-0.1, -0.05) is 50.5 Å². The molecule has 4 atom stereocenters. The highest BCUT2D eigenvalue weighted by Gasteiger charge is 2.51. The molecule has 0 unspecified atom stereocenters. The van der Waals surface area contributed by atoms with Gasteiger partial charge in [0.05, 0.1) is 12.2 Å². The van der Waals surface area contributed by atoms with E-state index in [1.165, 1.54) is 25.7 Å². The summed E-state index contributed by atoms with van der Waals surface area (Å²) < 4.78 is 12.3. The Labute approximate surface area is 180 Å². The lowest BCUT2D eigenvalue weighted by Crippen LogP contribution is -2.37. The van der Waals surface area contributed by atoms with E-state index >= 15 is 0 Å². The summed E-state index contributed by atoms with van der Waals surface area (Å²) in [7, 11) is 0. The van der Waals surface area contributed by atoms with Gasteiger partial charge in [0.15, 0.2) is 5.79 Å². The molecule has 1 heterocycles. The third kappa shape index (κ3) is 7.78. The van der Waals surface area contributed by atoms with E-state index in [4.69, 9.17) is 14.6 Å². The first kappa shape index (κ1) is 26.8. The Morgan fingerprint density at radius 1 is 1.10 bits per heavy atom. The number of carbonyl (C=O) groups is 1. The molecule has 2 aliphatic rings. The van der Waals surface area contributed by atoms with Gasteiger partial charge in [-0.15, -0.1) is 0 Å². The second kappa shape index (κ2) is 12.0. The predicted molar refractivity (Wildman–Crippen MR) is 116 cm³/mol. The van der Waals surface area contributed by atoms with Gasteiger partial charge < -0.3 is 30.9 Å². The van der Waals surface area contributed by atoms with Gasteiger partial charge in [-0.05, 0) is 51.9 Å². The van der Waals surface area contributed by atoms with Gasteiger partial charge in [0.25, 0.3) is 5.79 Å². The van der Waals surface area contributed by atoms with Crippen molar-refractivity contribution in [2.24, 2.45) is 11.8 Å². The van der Waals surface area contributed by atoms with Gasteiger partial charge in [-0.25, -0.2) is 4.79 Å². The average molecular weight is 428 g/mol. The molecule has 7 nitrogen and oxygen atoms in total. The molecule has 2 fully saturated rings. The van der Waals surface area contributed by atoms with Crippen molar-refractivity contribution in [2.45, 2.75) is 102 Å². The fraction of sp³-hybridized carbons (Fsp3) is 0.783. The van der Waals surface area contributed by atoms with Crippen LogP contribution in [0.1, 0.15) is 78.6 Å². The van der Waals surface area contributed by atoms with Crippen LogP contribution in [0.15, 0.2) is 24.3 Å². The lowest BCUT2D eigenvalue weighted by Gasteiger charge is -2.24. The van der Waals surface area contributed by atoms with Gasteiger partial charge in [0.2, 0.25) is 0 Å². The van der Waals surface area contributed by atoms with Gasteiger partial charge in [0.1, 0.15) is 0 Å². The summed E-state index contributed by atoms with van der Waals surface area (Å²) in [6.45, 7) is 6.14. The normalized spacial score (nSPS) is 28.2. The molecule has 1 aliphatic carbocycles. The lowest BCUT2D eigenvalue weighted by atomic mass is 9.90. The van der Waals surface area contributed by atoms with E-state index in [-0.39, 0.29) is 24.8 Å². The Kier molecular flexibility index (Phi) is 10.7. The van der Waals surface area contributed by atoms with Crippen molar-refractivity contribution >= 4 is 5.97 Å². The van der Waals surface area contributed by atoms with Gasteiger partial charge >= 0.3 is 5.97 Å². The number of hydrogen-bond acceptors (Lipinski definition) is 6. The number of aliphatic carboxylic acids is 1. The Morgan fingerprint density at radius 3 is 2.50 bits per heavy atom. The number of allylic oxidation sites excluding steroid dienone is 3. The van der Waals surface area contributed by atoms with Crippen LogP contribution in [-0.4, -0.2) is 45.1 Å². The molecular formula is C23H41NO6. The minimum Gasteiger partial charge on any atom is -0.477 e. The number of rotatable bonds is 12. The molecule has 174 valence electrons. The van der Waals surface area contributed by atoms with Crippen molar-refractivity contribution in [3.05, 3.63) is 24.3 Å². The zero-order valence-electron chi connectivity index (χ0n) is 18.8. The summed E-state index contributed by atoms with van der Waals surface area (Å²) in [4.78, 5) is 10.7. The topological polar surface area (TPSA) is 131 Å². The first-order chi connectivity index (χ1) is 13.7. The molecule has 0 radical (unpaired) electrons. The van der Waals surface area contributed by atoms with Crippen LogP contribution in [0.5, 0.6) is 0 Å². The number of unbranched alkanes of at least 4 members (excludes halogenated alkanes) is 4. The maximum atomic E-state index is 10.7. The van der Waals surface area contributed by atoms with Crippen LogP contribution in [0.3, 0.4) is 0 Å². The summed E-state index contributed by atoms with van der Waals surface area (Å²) in [5, 5.41) is 27.4. The summed E-state index contributed by atoms with van der Waals surface area (Å²) in [5.41, 5.74) is 0. The van der Waals surface area contributed by atoms with Crippen LogP contribution < -0.4 is 6.15 Å². The van der Waals surface area contributed by atoms with E-state index in [9.17, 15) is 15.0 Å². The van der Waals surface area contributed by atoms with Crippen LogP contribution in [0, 0.1) is 11.8 Å². The van der Waals surface area contributed by atoms with Crippen molar-refractivity contribution < 1.29 is 29.6 Å². The largest absolute Gasteiger partial charge is 0.477 e. The first-order valence-electron chi connectivity index (χ1n) is 11.0. The van der Waals surface area contributed by atoms with Crippen molar-refractivity contribution in [3.63, 3.8) is 0 Å². The zero-order valence-corrected chi connectivity index (χ0v) is 18.8. The predicted octanol–water partition coefficient (Wildman–Crippen LogP) is 4.32. The Balaban J connectivity index is 0.00000450. The van der Waals surface area contributed by atoms with E-state index in [1.807, 2.05) is 26.0 Å². The van der Waals surface area contributed by atoms with Crippen LogP contribution in [0.2, 0.25) is 0 Å². The van der Waals surface area contributed by atoms with E-state index in [1.54, 1.807) is 0 Å². The smallest absolute Gasteiger partial charge is 0.364 e. The van der Waals surface area contributed by atoms with Gasteiger partial charge in [-0.3, -0.25) is 0 Å². The third-order valence-corrected chi connectivity index (χ3v) is 5.87. The monoisotopic (exact) mass is 427 g/mol. The number of fused-ring (bicyclic) bond motifs is 1. The molecule has 0 aromatic carbocycles. The molecule has 2 rings (SSSR count). The molecule has 1 saturated carbocycles. The standard InChI is InChI=1S/C23H38O6.H3N/c1-4-5-6-7-8-11-14-18-17(16-19-20(18)29-22(2,3)28-19)13-10-9-12-15-23(26,27)21(24)25;/h9-11,14,17-20,26-27H,4-8,12-13,15-16H2,1-3H3,(H,24,25);1H3/t17-,18+,19+,20-;/m0./s1. The third-order valence-electron chi connectivity index (χ3n) is 5.87. The van der Waals surface area contributed by atoms with Crippen LogP contribution >= 0.6 is 0 Å². The minimum absolute atomic E-state index is 0. The fourth-order valence-electron chi connectivity index (χ4n) is 4.34. The highest BCUT2D eigenvalue weighted by molar-refractivity contribution is 5.74. The molecular weight excluding hydrogens is 386 g/mol. The van der Waals surface area contributed by atoms with Crippen LogP contribution in [-0.2, 0) is 14.3 Å². The number of aliphatic hydroxyl groups is 2. The average Bonchev–Trinajstić information content (AvgIpc) is 3.09. The summed E-state index contributed by atoms with van der Waals surface area (Å²) in [6, 6.07) is 0. The van der Waals surface area contributed by atoms with Crippen molar-refractivity contribution in [3.8, 4) is 0 Å². The number of carboxylic acid groups (broad SMARTS) is 1. The zero-order chi connectivity index (χ0) is 21.5. The first-order valence-corrected chi connectivity index (χ1v) is 11.0. The van der Waals surface area contributed by atoms with Crippen molar-refractivity contribution in [1.29, 1.82) is 0 Å². The summed E-state index contributed by atoms with van der Waals surface area (Å²) in [6.07, 6.45) is 16.5. The summed E-state index contributed by atoms with van der Waals surface area (Å²) >= 11 is 0. The molecule has 7 heteroatoms. The number of ether oxygens (including phenoxy) is 2. The highest BCUT2D eigenvalue weighted by atomic mass is 16.8. The SMILES string of the molecule is CCCCCCC=C[C@@H]1[C@@H](CC=CCCC(O)(O)C(=O)O)C[C@H]2OC(C)(C)O[C@@H]12.N. The Hall–Kier alpha value is -1.25. The second-order valence-corrected chi connectivity index (χ2v) is 8.86. The molecule has 0 aromatic rings.